The molecule has 1 aliphatic carbocycles. The zero-order chi connectivity index (χ0) is 40.1. The molecule has 0 spiro atoms. The van der Waals surface area contributed by atoms with Crippen molar-refractivity contribution >= 4 is 49.7 Å². The average molecular weight is 854 g/mol. The number of alkyl halides is 2. The van der Waals surface area contributed by atoms with Gasteiger partial charge < -0.3 is 0 Å². The van der Waals surface area contributed by atoms with E-state index in [0.29, 0.717) is 0 Å². The van der Waals surface area contributed by atoms with Crippen molar-refractivity contribution in [2.75, 3.05) is 5.34 Å². The molecule has 298 valence electrons. The summed E-state index contributed by atoms with van der Waals surface area (Å²) in [6, 6.07) is 15.8. The van der Waals surface area contributed by atoms with Crippen molar-refractivity contribution in [2.45, 2.75) is 107 Å². The van der Waals surface area contributed by atoms with E-state index in [-0.39, 0.29) is 40.5 Å². The van der Waals surface area contributed by atoms with Crippen molar-refractivity contribution in [1.29, 1.82) is 5.26 Å². The molecule has 0 aromatic heterocycles. The quantitative estimate of drug-likeness (QED) is 0.0801. The molecule has 0 N–H and O–H groups in total. The number of aryl methyl sites for hydroxylation is 9. The fraction of sp³-hybridized carbons (Fsp3) is 0.436. The Kier molecular flexibility index (Phi) is 19.7. The van der Waals surface area contributed by atoms with Crippen LogP contribution in [0.1, 0.15) is 92.9 Å². The van der Waals surface area contributed by atoms with Crippen LogP contribution in [0.5, 0.6) is 0 Å². The Hall–Kier alpha value is -2.73. The molecule has 3 aromatic carbocycles. The molecule has 4 nitrogen and oxygen atoms in total. The molecular formula is C39H50Cl2CuF6N4P. The predicted octanol–water partition coefficient (Wildman–Crippen LogP) is 13.7. The van der Waals surface area contributed by atoms with Crippen LogP contribution in [0.3, 0.4) is 0 Å². The van der Waals surface area contributed by atoms with Gasteiger partial charge in [0.25, 0.3) is 0 Å². The van der Waals surface area contributed by atoms with E-state index >= 15 is 0 Å². The molecule has 4 rings (SSSR count). The van der Waals surface area contributed by atoms with E-state index in [1.807, 2.05) is 0 Å². The largest absolute Gasteiger partial charge is 1.00 e. The molecule has 0 heterocycles. The van der Waals surface area contributed by atoms with Crippen LogP contribution in [0, 0.1) is 73.6 Å². The van der Waals surface area contributed by atoms with Gasteiger partial charge in [-0.3, -0.25) is 15.0 Å². The number of nitriles is 1. The van der Waals surface area contributed by atoms with Crippen LogP contribution in [0.25, 0.3) is 0 Å². The second kappa shape index (κ2) is 20.8. The summed E-state index contributed by atoms with van der Waals surface area (Å²) >= 11 is 9.53. The van der Waals surface area contributed by atoms with Gasteiger partial charge in [0.15, 0.2) is 0 Å². The van der Waals surface area contributed by atoms with Crippen molar-refractivity contribution in [3.63, 3.8) is 0 Å². The van der Waals surface area contributed by atoms with Gasteiger partial charge in [-0.25, -0.2) is 0 Å². The van der Waals surface area contributed by atoms with Gasteiger partial charge in [0.05, 0.1) is 29.5 Å². The van der Waals surface area contributed by atoms with Gasteiger partial charge in [-0.05, 0) is 132 Å². The summed E-state index contributed by atoms with van der Waals surface area (Å²) in [6.45, 7) is 21.0. The minimum Gasteiger partial charge on any atom is 1.00 e. The summed E-state index contributed by atoms with van der Waals surface area (Å²) in [5.41, 5.74) is 15.3. The Morgan fingerprint density at radius 2 is 0.717 bits per heavy atom. The summed E-state index contributed by atoms with van der Waals surface area (Å²) < 4.78 is 59.2. The van der Waals surface area contributed by atoms with Gasteiger partial charge in [0.1, 0.15) is 0 Å². The maximum Gasteiger partial charge on any atom is 1.00 e. The van der Waals surface area contributed by atoms with E-state index in [1.54, 1.807) is 6.07 Å². The molecule has 1 fully saturated rings. The fourth-order valence-corrected chi connectivity index (χ4v) is 6.32. The van der Waals surface area contributed by atoms with Crippen molar-refractivity contribution < 1.29 is 42.3 Å². The molecule has 0 amide bonds. The summed E-state index contributed by atoms with van der Waals surface area (Å²) in [5.74, 6) is 0. The van der Waals surface area contributed by atoms with Crippen LogP contribution >= 0.6 is 31.0 Å². The van der Waals surface area contributed by atoms with Crippen LogP contribution in [-0.2, 0) is 17.1 Å². The molecule has 0 radical (unpaired) electrons. The van der Waals surface area contributed by atoms with Crippen LogP contribution in [0.15, 0.2) is 51.4 Å². The fourth-order valence-electron chi connectivity index (χ4n) is 6.32. The molecule has 3 aromatic rings. The minimum absolute atomic E-state index is 0. The first-order chi connectivity index (χ1) is 23.8. The number of hydrogen-bond acceptors (Lipinski definition) is 4. The van der Waals surface area contributed by atoms with E-state index in [1.165, 1.54) is 73.7 Å². The number of halogens is 8. The number of benzene rings is 3. The Morgan fingerprint density at radius 3 is 0.868 bits per heavy atom. The maximum absolute atomic E-state index is 10.7. The molecule has 0 aliphatic heterocycles. The van der Waals surface area contributed by atoms with Gasteiger partial charge >= 0.3 is 50.1 Å². The Bertz CT molecular complexity index is 1550. The third kappa shape index (κ3) is 21.1. The molecule has 14 heteroatoms. The van der Waals surface area contributed by atoms with E-state index in [0.717, 1.165) is 19.3 Å². The van der Waals surface area contributed by atoms with Gasteiger partial charge in [0.2, 0.25) is 0 Å². The van der Waals surface area contributed by atoms with Crippen molar-refractivity contribution in [1.82, 2.24) is 0 Å². The molecule has 0 atom stereocenters. The standard InChI is InChI=1S/C36H45N3.C2H3N.CH2Cl2.Cu.F6P/c1-22-10-25(4)34(26(5)11-22)19-37-31-16-32(38-20-35-27(6)12-23(2)13-28(35)7)18-33(17-31)39-21-36-29(8)14-24(3)15-30(36)9;1-2-3;2-1-3;;1-7(2,3,4,5)6/h10-15,19-21,31-33H,16-18H2,1-9H3;1H3;1H2;;/q;;;+1;-1. The van der Waals surface area contributed by atoms with Crippen molar-refractivity contribution in [3.05, 3.63) is 103 Å². The Balaban J connectivity index is 0.00000167. The summed E-state index contributed by atoms with van der Waals surface area (Å²) in [5, 5.41) is 7.51. The monoisotopic (exact) mass is 852 g/mol. The number of aliphatic imine (C=N–C) groups is 3. The zero-order valence-corrected chi connectivity index (χ0v) is 35.2. The topological polar surface area (TPSA) is 60.9 Å². The smallest absolute Gasteiger partial charge is 1.00 e. The minimum atomic E-state index is -10.7. The van der Waals surface area contributed by atoms with Crippen LogP contribution < -0.4 is 0 Å². The van der Waals surface area contributed by atoms with E-state index in [9.17, 15) is 25.2 Å². The molecule has 53 heavy (non-hydrogen) atoms. The first-order valence-electron chi connectivity index (χ1n) is 16.6. The van der Waals surface area contributed by atoms with Crippen LogP contribution in [-0.4, -0.2) is 42.1 Å². The van der Waals surface area contributed by atoms with E-state index in [4.69, 9.17) is 43.4 Å². The summed E-state index contributed by atoms with van der Waals surface area (Å²) in [6.07, 6.45) is 9.17. The number of hydrogen-bond donors (Lipinski definition) is 0. The molecule has 0 unspecified atom stereocenters. The third-order valence-corrected chi connectivity index (χ3v) is 8.09. The summed E-state index contributed by atoms with van der Waals surface area (Å²) in [7, 11) is -10.7. The average Bonchev–Trinajstić information content (AvgIpc) is 2.95. The molecule has 0 bridgehead atoms. The van der Waals surface area contributed by atoms with Gasteiger partial charge in [-0.2, -0.15) is 5.26 Å². The Morgan fingerprint density at radius 1 is 0.566 bits per heavy atom. The van der Waals surface area contributed by atoms with Gasteiger partial charge in [-0.1, -0.05) is 53.1 Å². The van der Waals surface area contributed by atoms with Crippen LogP contribution in [0.2, 0.25) is 0 Å². The molecular weight excluding hydrogens is 804 g/mol. The number of rotatable bonds is 6. The zero-order valence-electron chi connectivity index (χ0n) is 31.8. The first kappa shape index (κ1) is 50.3. The Labute approximate surface area is 331 Å². The van der Waals surface area contributed by atoms with Gasteiger partial charge in [-0.15, -0.1) is 23.2 Å². The molecule has 1 aliphatic rings. The second-order valence-corrected chi connectivity index (χ2v) is 15.9. The summed E-state index contributed by atoms with van der Waals surface area (Å²) in [4.78, 5) is 15.4. The molecule has 1 saturated carbocycles. The SMILES string of the molecule is CC#N.Cc1cc(C)c(C=NC2CC(N=Cc3c(C)cc(C)cc3C)CC(N=Cc3c(C)cc(C)cc3C)C2)c(C)c1.ClCCl.F[P-](F)(F)(F)(F)F.[Cu+]. The maximum atomic E-state index is 9.87. The van der Waals surface area contributed by atoms with Crippen LogP contribution in [0.4, 0.5) is 25.2 Å². The van der Waals surface area contributed by atoms with Crippen molar-refractivity contribution in [3.8, 4) is 6.07 Å². The first-order valence-corrected chi connectivity index (χ1v) is 19.7. The second-order valence-electron chi connectivity index (χ2n) is 13.2. The van der Waals surface area contributed by atoms with Gasteiger partial charge in [0, 0.05) is 25.6 Å². The third-order valence-electron chi connectivity index (χ3n) is 8.09. The van der Waals surface area contributed by atoms with E-state index < -0.39 is 7.81 Å². The number of nitrogens with zero attached hydrogens (tertiary/aromatic N) is 4. The molecule has 0 saturated heterocycles. The van der Waals surface area contributed by atoms with E-state index in [2.05, 4.69) is 117 Å². The predicted molar refractivity (Wildman–Crippen MR) is 211 cm³/mol. The normalized spacial score (nSPS) is 18.3. The van der Waals surface area contributed by atoms with Crippen molar-refractivity contribution in [2.24, 2.45) is 15.0 Å².